The lowest BCUT2D eigenvalue weighted by Gasteiger charge is -2.14. The van der Waals surface area contributed by atoms with Gasteiger partial charge >= 0.3 is 5.97 Å². The molecule has 2 fully saturated rings. The lowest BCUT2D eigenvalue weighted by atomic mass is 9.95. The number of aliphatic carboxylic acids is 1. The van der Waals surface area contributed by atoms with Gasteiger partial charge in [0, 0.05) is 36.7 Å². The van der Waals surface area contributed by atoms with Gasteiger partial charge in [0.2, 0.25) is 5.91 Å². The second-order valence-electron chi connectivity index (χ2n) is 12.2. The number of nitrogens with zero attached hydrogens (tertiary/aromatic N) is 4. The highest BCUT2D eigenvalue weighted by molar-refractivity contribution is 6.00. The van der Waals surface area contributed by atoms with Gasteiger partial charge in [0.05, 0.1) is 22.2 Å². The molecule has 0 aliphatic heterocycles. The maximum atomic E-state index is 13.3. The summed E-state index contributed by atoms with van der Waals surface area (Å²) in [6.07, 6.45) is 6.23. The number of benzene rings is 4. The van der Waals surface area contributed by atoms with E-state index in [0.717, 1.165) is 48.9 Å². The van der Waals surface area contributed by atoms with Crippen molar-refractivity contribution in [3.8, 4) is 11.4 Å². The number of carbonyl (C=O) groups excluding carboxylic acids is 1. The van der Waals surface area contributed by atoms with Crippen LogP contribution in [-0.4, -0.2) is 36.5 Å². The van der Waals surface area contributed by atoms with Gasteiger partial charge in [0.25, 0.3) is 0 Å². The summed E-state index contributed by atoms with van der Waals surface area (Å²) in [5, 5.41) is 19.8. The van der Waals surface area contributed by atoms with Crippen molar-refractivity contribution < 1.29 is 32.3 Å². The third kappa shape index (κ3) is 7.99. The Morgan fingerprint density at radius 2 is 1.06 bits per heavy atom. The molecule has 1 amide bonds. The summed E-state index contributed by atoms with van der Waals surface area (Å²) in [5.41, 5.74) is 6.81. The number of halogens is 4. The monoisotopic (exact) mass is 696 g/mol. The Kier molecular flexibility index (Phi) is 9.72. The first-order valence-corrected chi connectivity index (χ1v) is 15.9. The SMILES string of the molecule is Nc1ccn(-c2cc(F)cc(F)c2)n1.O=C(Nc1ccn(-c2cc(F)cc(F)c2)n1)C1(c2ccccc2)CC1.O=C(O)C1(c2ccccc2)CC1. The standard InChI is InChI=1S/C19H15F2N3O.C10H10O2.C9H7F2N3/c20-14-10-15(21)12-16(11-14)24-9-6-17(23-24)22-18(25)19(7-8-19)13-4-2-1-3-5-13;11-9(12)10(6-7-10)8-4-2-1-3-5-8;10-6-3-7(11)5-8(4-6)14-2-1-9(12)13-14/h1-6,9-12H,7-8H2,(H,22,23,25);1-5H,6-7H2,(H,11,12);1-5H,(H2,12,13). The number of hydrogen-bond donors (Lipinski definition) is 3. The largest absolute Gasteiger partial charge is 0.481 e. The fourth-order valence-electron chi connectivity index (χ4n) is 5.63. The van der Waals surface area contributed by atoms with Crippen LogP contribution in [0.15, 0.2) is 122 Å². The Hall–Kier alpha value is -6.24. The number of aromatic nitrogens is 4. The van der Waals surface area contributed by atoms with Crippen LogP contribution in [0.5, 0.6) is 0 Å². The molecule has 8 rings (SSSR count). The Balaban J connectivity index is 0.000000145. The van der Waals surface area contributed by atoms with Crippen LogP contribution >= 0.6 is 0 Å². The summed E-state index contributed by atoms with van der Waals surface area (Å²) in [6, 6.07) is 28.5. The van der Waals surface area contributed by atoms with Crippen molar-refractivity contribution in [2.45, 2.75) is 36.5 Å². The topological polar surface area (TPSA) is 128 Å². The maximum absolute atomic E-state index is 13.3. The highest BCUT2D eigenvalue weighted by atomic mass is 19.1. The maximum Gasteiger partial charge on any atom is 0.314 e. The van der Waals surface area contributed by atoms with E-state index in [1.807, 2.05) is 60.7 Å². The van der Waals surface area contributed by atoms with E-state index in [1.54, 1.807) is 18.3 Å². The Morgan fingerprint density at radius 1 is 0.627 bits per heavy atom. The molecule has 0 bridgehead atoms. The quantitative estimate of drug-likeness (QED) is 0.150. The molecule has 0 atom stereocenters. The molecule has 4 N–H and O–H groups in total. The number of rotatable bonds is 7. The van der Waals surface area contributed by atoms with Crippen molar-refractivity contribution in [1.29, 1.82) is 0 Å². The highest BCUT2D eigenvalue weighted by Gasteiger charge is 2.52. The van der Waals surface area contributed by atoms with Gasteiger partial charge in [-0.1, -0.05) is 60.7 Å². The molecule has 0 saturated heterocycles. The predicted octanol–water partition coefficient (Wildman–Crippen LogP) is 7.36. The molecule has 51 heavy (non-hydrogen) atoms. The van der Waals surface area contributed by atoms with E-state index < -0.39 is 40.1 Å². The summed E-state index contributed by atoms with van der Waals surface area (Å²) >= 11 is 0. The van der Waals surface area contributed by atoms with Crippen LogP contribution in [0.25, 0.3) is 11.4 Å². The van der Waals surface area contributed by atoms with Gasteiger partial charge < -0.3 is 16.2 Å². The lowest BCUT2D eigenvalue weighted by Crippen LogP contribution is -2.28. The third-order valence-electron chi connectivity index (χ3n) is 8.66. The Labute approximate surface area is 290 Å². The Bertz CT molecular complexity index is 2120. The van der Waals surface area contributed by atoms with Crippen molar-refractivity contribution in [2.24, 2.45) is 0 Å². The van der Waals surface area contributed by atoms with Crippen LogP contribution in [-0.2, 0) is 20.4 Å². The minimum Gasteiger partial charge on any atom is -0.481 e. The molecule has 2 saturated carbocycles. The summed E-state index contributed by atoms with van der Waals surface area (Å²) in [4.78, 5) is 23.6. The van der Waals surface area contributed by atoms with Gasteiger partial charge in [-0.25, -0.2) is 26.9 Å². The first kappa shape index (κ1) is 34.6. The number of nitrogen functional groups attached to an aromatic ring is 1. The van der Waals surface area contributed by atoms with Crippen LogP contribution in [0.3, 0.4) is 0 Å². The van der Waals surface area contributed by atoms with Crippen molar-refractivity contribution in [1.82, 2.24) is 19.6 Å². The van der Waals surface area contributed by atoms with Gasteiger partial charge in [0.15, 0.2) is 5.82 Å². The Morgan fingerprint density at radius 3 is 1.47 bits per heavy atom. The van der Waals surface area contributed by atoms with Crippen LogP contribution in [0, 0.1) is 23.3 Å². The molecule has 0 unspecified atom stereocenters. The summed E-state index contributed by atoms with van der Waals surface area (Å²) in [7, 11) is 0. The van der Waals surface area contributed by atoms with Crippen molar-refractivity contribution >= 4 is 23.5 Å². The van der Waals surface area contributed by atoms with Gasteiger partial charge in [0.1, 0.15) is 29.1 Å². The third-order valence-corrected chi connectivity index (χ3v) is 8.66. The molecule has 2 aliphatic carbocycles. The minimum atomic E-state index is -0.686. The van der Waals surface area contributed by atoms with Crippen molar-refractivity contribution in [3.05, 3.63) is 156 Å². The van der Waals surface area contributed by atoms with E-state index in [9.17, 15) is 27.2 Å². The summed E-state index contributed by atoms with van der Waals surface area (Å²) < 4.78 is 54.9. The van der Waals surface area contributed by atoms with E-state index >= 15 is 0 Å². The van der Waals surface area contributed by atoms with Crippen LogP contribution < -0.4 is 11.1 Å². The normalized spacial score (nSPS) is 14.6. The second-order valence-corrected chi connectivity index (χ2v) is 12.2. The number of anilines is 2. The smallest absolute Gasteiger partial charge is 0.314 e. The average Bonchev–Trinajstić information content (AvgIpc) is 4.01. The van der Waals surface area contributed by atoms with Crippen molar-refractivity contribution in [3.63, 3.8) is 0 Å². The molecule has 2 aromatic heterocycles. The predicted molar refractivity (Wildman–Crippen MR) is 182 cm³/mol. The molecule has 4 aromatic carbocycles. The van der Waals surface area contributed by atoms with E-state index in [2.05, 4.69) is 15.5 Å². The van der Waals surface area contributed by atoms with Gasteiger partial charge in [-0.15, -0.1) is 0 Å². The van der Waals surface area contributed by atoms with E-state index in [0.29, 0.717) is 17.3 Å². The zero-order valence-electron chi connectivity index (χ0n) is 27.0. The molecular weight excluding hydrogens is 664 g/mol. The van der Waals surface area contributed by atoms with E-state index in [-0.39, 0.29) is 11.6 Å². The number of nitrogens with two attached hydrogens (primary N) is 1. The molecule has 260 valence electrons. The zero-order chi connectivity index (χ0) is 36.2. The number of carboxylic acids is 1. The summed E-state index contributed by atoms with van der Waals surface area (Å²) in [5.74, 6) is -2.81. The molecule has 0 spiro atoms. The first-order valence-electron chi connectivity index (χ1n) is 15.9. The van der Waals surface area contributed by atoms with Gasteiger partial charge in [-0.3, -0.25) is 9.59 Å². The molecular formula is C38H32F4N6O3. The molecule has 6 aromatic rings. The highest BCUT2D eigenvalue weighted by Crippen LogP contribution is 2.49. The molecule has 13 heteroatoms. The lowest BCUT2D eigenvalue weighted by molar-refractivity contribution is -0.140. The van der Waals surface area contributed by atoms with Crippen LogP contribution in [0.4, 0.5) is 29.2 Å². The van der Waals surface area contributed by atoms with Crippen LogP contribution in [0.2, 0.25) is 0 Å². The van der Waals surface area contributed by atoms with Gasteiger partial charge in [-0.2, -0.15) is 10.2 Å². The molecule has 2 aliphatic rings. The molecule has 9 nitrogen and oxygen atoms in total. The van der Waals surface area contributed by atoms with Gasteiger partial charge in [-0.05, 0) is 61.1 Å². The zero-order valence-corrected chi connectivity index (χ0v) is 27.0. The second kappa shape index (κ2) is 14.3. The van der Waals surface area contributed by atoms with Crippen LogP contribution in [0.1, 0.15) is 36.8 Å². The number of carboxylic acid groups (broad SMARTS) is 1. The summed E-state index contributed by atoms with van der Waals surface area (Å²) in [6.45, 7) is 0. The van der Waals surface area contributed by atoms with E-state index in [1.165, 1.54) is 39.8 Å². The number of carbonyl (C=O) groups is 2. The molecule has 2 heterocycles. The van der Waals surface area contributed by atoms with Crippen molar-refractivity contribution in [2.75, 3.05) is 11.1 Å². The number of nitrogens with one attached hydrogen (secondary N) is 1. The first-order chi connectivity index (χ1) is 24.5. The molecule has 0 radical (unpaired) electrons. The fourth-order valence-corrected chi connectivity index (χ4v) is 5.63. The van der Waals surface area contributed by atoms with E-state index in [4.69, 9.17) is 10.8 Å². The average molecular weight is 697 g/mol. The number of amides is 1. The number of hydrogen-bond acceptors (Lipinski definition) is 5. The fraction of sp³-hybridized carbons (Fsp3) is 0.158. The minimum absolute atomic E-state index is 0.116.